The Hall–Kier alpha value is -9.91. The smallest absolute Gasteiger partial charge is 0.309 e. The second-order valence-electron chi connectivity index (χ2n) is 19.2. The molecule has 0 saturated heterocycles. The number of nitrogens with one attached hydrogen (secondary N) is 2. The largest absolute Gasteiger partial charge is 0.338 e. The lowest BCUT2D eigenvalue weighted by Gasteiger charge is -2.10. The highest BCUT2D eigenvalue weighted by Gasteiger charge is 2.19. The number of nitrogens with zero attached hydrogens (tertiary/aromatic N) is 5. The van der Waals surface area contributed by atoms with Gasteiger partial charge in [-0.25, -0.2) is 9.59 Å². The molecular formula is C68H46IN7O2. The van der Waals surface area contributed by atoms with Crippen molar-refractivity contribution in [3.63, 3.8) is 0 Å². The molecule has 11 aromatic carbocycles. The molecule has 9 nitrogen and oxygen atoms in total. The standard InChI is InChI=1S/C43H28N4O.C18H12IN.C7H6N2O/c48-43-46(31-25-21-29(22-26-31)44-37-15-5-1-11-33(37)34-12-2-6-16-38(34)44)41-19-9-10-20-42(41)47(43)32-27-23-30(24-28-32)45-39-17-7-3-13-35(39)36-14-4-8-18-40(36)45;19-13-9-11-14(12-10-13)20-17-7-3-1-5-15(17)16-6-2-4-8-18(16)20;10-7-8-5-3-1-2-4-6(5)9-7/h1-28H;1-12H;1-4H,(H2,8,9,10). The molecule has 372 valence electrons. The van der Waals surface area contributed by atoms with Crippen LogP contribution < -0.4 is 11.4 Å². The first-order valence-electron chi connectivity index (χ1n) is 25.8. The number of halogens is 1. The van der Waals surface area contributed by atoms with Gasteiger partial charge in [0.25, 0.3) is 0 Å². The van der Waals surface area contributed by atoms with Gasteiger partial charge in [0.05, 0.1) is 66.5 Å². The van der Waals surface area contributed by atoms with Crippen LogP contribution in [0.5, 0.6) is 0 Å². The van der Waals surface area contributed by atoms with Crippen molar-refractivity contribution in [3.8, 4) is 28.4 Å². The van der Waals surface area contributed by atoms with E-state index in [2.05, 4.69) is 240 Å². The molecule has 16 rings (SSSR count). The van der Waals surface area contributed by atoms with Crippen LogP contribution >= 0.6 is 22.6 Å². The van der Waals surface area contributed by atoms with Crippen molar-refractivity contribution in [3.05, 3.63) is 291 Å². The van der Waals surface area contributed by atoms with E-state index in [4.69, 9.17) is 0 Å². The van der Waals surface area contributed by atoms with Gasteiger partial charge in [-0.3, -0.25) is 9.13 Å². The van der Waals surface area contributed by atoms with Crippen molar-refractivity contribution < 1.29 is 0 Å². The molecule has 78 heavy (non-hydrogen) atoms. The van der Waals surface area contributed by atoms with Gasteiger partial charge in [-0.15, -0.1) is 0 Å². The molecule has 16 aromatic rings. The molecule has 0 atom stereocenters. The number of imidazole rings is 2. The van der Waals surface area contributed by atoms with E-state index in [1.165, 1.54) is 52.6 Å². The van der Waals surface area contributed by atoms with Gasteiger partial charge >= 0.3 is 11.4 Å². The van der Waals surface area contributed by atoms with Gasteiger partial charge in [-0.2, -0.15) is 0 Å². The molecule has 0 bridgehead atoms. The molecule has 10 heteroatoms. The minimum atomic E-state index is -0.152. The average molecular weight is 1120 g/mol. The van der Waals surface area contributed by atoms with E-state index in [1.54, 1.807) is 0 Å². The molecular weight excluding hydrogens is 1070 g/mol. The lowest BCUT2D eigenvalue weighted by molar-refractivity contribution is 0.929. The second kappa shape index (κ2) is 19.3. The van der Waals surface area contributed by atoms with Crippen LogP contribution in [0.25, 0.3) is 116 Å². The first-order chi connectivity index (χ1) is 38.5. The zero-order valence-corrected chi connectivity index (χ0v) is 44.0. The highest BCUT2D eigenvalue weighted by Crippen LogP contribution is 2.35. The average Bonchev–Trinajstić information content (AvgIpc) is 4.50. The first kappa shape index (κ1) is 46.6. The van der Waals surface area contributed by atoms with Gasteiger partial charge in [0.1, 0.15) is 0 Å². The molecule has 0 fully saturated rings. The van der Waals surface area contributed by atoms with E-state index >= 15 is 0 Å². The monoisotopic (exact) mass is 1120 g/mol. The molecule has 0 saturated carbocycles. The Morgan fingerprint density at radius 1 is 0.244 bits per heavy atom. The lowest BCUT2D eigenvalue weighted by atomic mass is 10.2. The van der Waals surface area contributed by atoms with Crippen LogP contribution in [0.15, 0.2) is 277 Å². The molecule has 5 aromatic heterocycles. The van der Waals surface area contributed by atoms with Crippen molar-refractivity contribution >= 4 is 110 Å². The highest BCUT2D eigenvalue weighted by molar-refractivity contribution is 14.1. The SMILES string of the molecule is Ic1ccc(-n2c3ccccc3c3ccccc32)cc1.O=c1[nH]c2ccccc2[nH]1.O=c1n(-c2ccc(-n3c4ccccc4c4ccccc43)cc2)c2ccccc2n1-c1ccc(-n2c3ccccc3c3ccccc32)cc1. The number of H-pyrrole nitrogens is 2. The Bertz CT molecular complexity index is 4640. The summed E-state index contributed by atoms with van der Waals surface area (Å²) in [6, 6.07) is 91.9. The van der Waals surface area contributed by atoms with Crippen LogP contribution in [0, 0.1) is 3.57 Å². The molecule has 0 aliphatic rings. The predicted molar refractivity (Wildman–Crippen MR) is 330 cm³/mol. The first-order valence-corrected chi connectivity index (χ1v) is 26.9. The Balaban J connectivity index is 0.000000149. The third-order valence-electron chi connectivity index (χ3n) is 14.7. The number of hydrogen-bond donors (Lipinski definition) is 2. The molecule has 0 radical (unpaired) electrons. The molecule has 0 aliphatic carbocycles. The molecule has 0 spiro atoms. The zero-order valence-electron chi connectivity index (χ0n) is 41.8. The molecule has 2 N–H and O–H groups in total. The van der Waals surface area contributed by atoms with Gasteiger partial charge in [0.15, 0.2) is 0 Å². The van der Waals surface area contributed by atoms with Crippen LogP contribution in [0.1, 0.15) is 0 Å². The number of aromatic amines is 2. The fraction of sp³-hybridized carbons (Fsp3) is 0. The topological polar surface area (TPSA) is 90.4 Å². The summed E-state index contributed by atoms with van der Waals surface area (Å²) < 4.78 is 11.8. The van der Waals surface area contributed by atoms with Crippen molar-refractivity contribution in [1.29, 1.82) is 0 Å². The van der Waals surface area contributed by atoms with Crippen molar-refractivity contribution in [2.24, 2.45) is 0 Å². The summed E-state index contributed by atoms with van der Waals surface area (Å²) in [4.78, 5) is 30.3. The maximum Gasteiger partial charge on any atom is 0.338 e. The van der Waals surface area contributed by atoms with Gasteiger partial charge < -0.3 is 23.7 Å². The lowest BCUT2D eigenvalue weighted by Crippen LogP contribution is -2.22. The zero-order chi connectivity index (χ0) is 52.3. The fourth-order valence-corrected chi connectivity index (χ4v) is 11.7. The Morgan fingerprint density at radius 3 is 0.744 bits per heavy atom. The number of aromatic nitrogens is 7. The summed E-state index contributed by atoms with van der Waals surface area (Å²) in [5, 5.41) is 7.51. The van der Waals surface area contributed by atoms with E-state index in [0.717, 1.165) is 66.9 Å². The van der Waals surface area contributed by atoms with E-state index in [0.29, 0.717) is 0 Å². The number of benzene rings is 11. The highest BCUT2D eigenvalue weighted by atomic mass is 127. The van der Waals surface area contributed by atoms with E-state index < -0.39 is 0 Å². The minimum absolute atomic E-state index is 0.106. The summed E-state index contributed by atoms with van der Waals surface area (Å²) in [5.41, 5.74) is 15.3. The summed E-state index contributed by atoms with van der Waals surface area (Å²) >= 11 is 2.34. The number of fused-ring (bicyclic) bond motifs is 11. The molecule has 0 aliphatic heterocycles. The van der Waals surface area contributed by atoms with Crippen LogP contribution in [-0.4, -0.2) is 32.8 Å². The van der Waals surface area contributed by atoms with Crippen molar-refractivity contribution in [1.82, 2.24) is 32.8 Å². The second-order valence-corrected chi connectivity index (χ2v) is 20.4. The number of para-hydroxylation sites is 10. The summed E-state index contributed by atoms with van der Waals surface area (Å²) in [6.45, 7) is 0. The van der Waals surface area contributed by atoms with Crippen LogP contribution in [0.4, 0.5) is 0 Å². The summed E-state index contributed by atoms with van der Waals surface area (Å²) in [7, 11) is 0. The third-order valence-corrected chi connectivity index (χ3v) is 15.4. The summed E-state index contributed by atoms with van der Waals surface area (Å²) in [6.07, 6.45) is 0. The summed E-state index contributed by atoms with van der Waals surface area (Å²) in [5.74, 6) is 0. The normalized spacial score (nSPS) is 11.5. The molecule has 0 unspecified atom stereocenters. The Kier molecular flexibility index (Phi) is 11.6. The maximum absolute atomic E-state index is 14.3. The quantitative estimate of drug-likeness (QED) is 0.168. The molecule has 0 amide bonds. The number of hydrogen-bond acceptors (Lipinski definition) is 2. The third kappa shape index (κ3) is 7.91. The fourth-order valence-electron chi connectivity index (χ4n) is 11.3. The van der Waals surface area contributed by atoms with Crippen molar-refractivity contribution in [2.45, 2.75) is 0 Å². The maximum atomic E-state index is 14.3. The van der Waals surface area contributed by atoms with Crippen LogP contribution in [0.2, 0.25) is 0 Å². The van der Waals surface area contributed by atoms with Gasteiger partial charge in [-0.1, -0.05) is 133 Å². The van der Waals surface area contributed by atoms with Gasteiger partial charge in [0, 0.05) is 52.9 Å². The molecule has 5 heterocycles. The number of rotatable bonds is 5. The van der Waals surface area contributed by atoms with Gasteiger partial charge in [0.2, 0.25) is 0 Å². The van der Waals surface area contributed by atoms with Gasteiger partial charge in [-0.05, 0) is 156 Å². The Labute approximate surface area is 459 Å². The van der Waals surface area contributed by atoms with Crippen LogP contribution in [-0.2, 0) is 0 Å². The van der Waals surface area contributed by atoms with Crippen molar-refractivity contribution in [2.75, 3.05) is 0 Å². The minimum Gasteiger partial charge on any atom is -0.309 e. The van der Waals surface area contributed by atoms with Crippen LogP contribution in [0.3, 0.4) is 0 Å². The Morgan fingerprint density at radius 2 is 0.462 bits per heavy atom. The predicted octanol–water partition coefficient (Wildman–Crippen LogP) is 16.2. The van der Waals surface area contributed by atoms with E-state index in [1.807, 2.05) is 81.9 Å². The van der Waals surface area contributed by atoms with E-state index in [-0.39, 0.29) is 11.4 Å². The van der Waals surface area contributed by atoms with E-state index in [9.17, 15) is 9.59 Å².